The van der Waals surface area contributed by atoms with Crippen LogP contribution in [-0.2, 0) is 22.7 Å². The number of hydrogen-bond acceptors (Lipinski definition) is 4. The second kappa shape index (κ2) is 7.68. The molecular weight excluding hydrogens is 330 g/mol. The van der Waals surface area contributed by atoms with Gasteiger partial charge in [0.15, 0.2) is 0 Å². The van der Waals surface area contributed by atoms with Crippen molar-refractivity contribution in [2.75, 3.05) is 6.54 Å². The number of rotatable bonds is 5. The number of carbonyl (C=O) groups excluding carboxylic acids is 2. The van der Waals surface area contributed by atoms with Crippen LogP contribution < -0.4 is 5.32 Å². The first-order valence-electron chi connectivity index (χ1n) is 8.95. The van der Waals surface area contributed by atoms with Crippen molar-refractivity contribution in [3.05, 3.63) is 47.0 Å². The Labute approximate surface area is 153 Å². The van der Waals surface area contributed by atoms with Gasteiger partial charge in [-0.15, -0.1) is 0 Å². The number of likely N-dealkylation sites (tertiary alicyclic amines) is 1. The van der Waals surface area contributed by atoms with E-state index in [-0.39, 0.29) is 24.4 Å². The van der Waals surface area contributed by atoms with Crippen LogP contribution in [0.4, 0.5) is 0 Å². The van der Waals surface area contributed by atoms with E-state index >= 15 is 0 Å². The van der Waals surface area contributed by atoms with Crippen LogP contribution in [0, 0.1) is 13.8 Å². The zero-order valence-electron chi connectivity index (χ0n) is 15.5. The second-order valence-corrected chi connectivity index (χ2v) is 6.79. The first-order chi connectivity index (χ1) is 12.4. The standard InChI is InChI=1S/C19H25N5O2/c1-13-10-14(2)24(22-13)12-19(26)23-9-5-8-18(23)17-7-4-6-16(21-17)11-20-15(3)25/h4,6-7,10,18H,5,8-9,11-12H2,1-3H3,(H,20,25)/t18-/m1/s1. The highest BCUT2D eigenvalue weighted by molar-refractivity contribution is 5.76. The van der Waals surface area contributed by atoms with Crippen LogP contribution in [0.5, 0.6) is 0 Å². The molecule has 0 aliphatic carbocycles. The lowest BCUT2D eigenvalue weighted by atomic mass is 10.1. The van der Waals surface area contributed by atoms with Crippen molar-refractivity contribution >= 4 is 11.8 Å². The van der Waals surface area contributed by atoms with Gasteiger partial charge >= 0.3 is 0 Å². The Bertz CT molecular complexity index is 814. The van der Waals surface area contributed by atoms with E-state index in [0.29, 0.717) is 6.54 Å². The lowest BCUT2D eigenvalue weighted by Crippen LogP contribution is -2.34. The molecule has 0 bridgehead atoms. The largest absolute Gasteiger partial charge is 0.351 e. The Morgan fingerprint density at radius 3 is 2.81 bits per heavy atom. The van der Waals surface area contributed by atoms with Gasteiger partial charge in [0, 0.05) is 19.2 Å². The predicted molar refractivity (Wildman–Crippen MR) is 97.1 cm³/mol. The topological polar surface area (TPSA) is 80.1 Å². The number of aromatic nitrogens is 3. The van der Waals surface area contributed by atoms with Crippen LogP contribution in [0.1, 0.15) is 48.6 Å². The number of hydrogen-bond donors (Lipinski definition) is 1. The Morgan fingerprint density at radius 1 is 1.31 bits per heavy atom. The van der Waals surface area contributed by atoms with Crippen LogP contribution in [0.3, 0.4) is 0 Å². The summed E-state index contributed by atoms with van der Waals surface area (Å²) in [7, 11) is 0. The smallest absolute Gasteiger partial charge is 0.244 e. The Hall–Kier alpha value is -2.70. The Morgan fingerprint density at radius 2 is 2.12 bits per heavy atom. The predicted octanol–water partition coefficient (Wildman–Crippen LogP) is 1.89. The Balaban J connectivity index is 1.73. The molecular formula is C19H25N5O2. The molecule has 2 amide bonds. The van der Waals surface area contributed by atoms with E-state index in [2.05, 4.69) is 15.4 Å². The summed E-state index contributed by atoms with van der Waals surface area (Å²) in [6, 6.07) is 7.73. The third-order valence-electron chi connectivity index (χ3n) is 4.65. The van der Waals surface area contributed by atoms with Gasteiger partial charge in [0.05, 0.1) is 29.7 Å². The maximum absolute atomic E-state index is 12.8. The number of pyridine rings is 1. The van der Waals surface area contributed by atoms with Crippen LogP contribution in [0.25, 0.3) is 0 Å². The third kappa shape index (κ3) is 4.09. The Kier molecular flexibility index (Phi) is 5.35. The SMILES string of the molecule is CC(=O)NCc1cccc([C@H]2CCCN2C(=O)Cn2nc(C)cc2C)n1. The van der Waals surface area contributed by atoms with E-state index in [4.69, 9.17) is 0 Å². The zero-order valence-corrected chi connectivity index (χ0v) is 15.5. The molecule has 2 aromatic heterocycles. The highest BCUT2D eigenvalue weighted by Crippen LogP contribution is 2.31. The molecule has 1 aliphatic rings. The summed E-state index contributed by atoms with van der Waals surface area (Å²) in [5, 5.41) is 7.15. The van der Waals surface area contributed by atoms with E-state index < -0.39 is 0 Å². The number of nitrogens with one attached hydrogen (secondary N) is 1. The summed E-state index contributed by atoms with van der Waals surface area (Å²) >= 11 is 0. The van der Waals surface area contributed by atoms with Crippen molar-refractivity contribution in [3.8, 4) is 0 Å². The number of carbonyl (C=O) groups is 2. The fourth-order valence-corrected chi connectivity index (χ4v) is 3.42. The highest BCUT2D eigenvalue weighted by Gasteiger charge is 2.31. The summed E-state index contributed by atoms with van der Waals surface area (Å²) < 4.78 is 1.76. The van der Waals surface area contributed by atoms with Crippen LogP contribution in [-0.4, -0.2) is 38.0 Å². The summed E-state index contributed by atoms with van der Waals surface area (Å²) in [6.07, 6.45) is 1.87. The maximum atomic E-state index is 12.8. The van der Waals surface area contributed by atoms with Gasteiger partial charge in [-0.05, 0) is 44.9 Å². The lowest BCUT2D eigenvalue weighted by Gasteiger charge is -2.25. The fraction of sp³-hybridized carbons (Fsp3) is 0.474. The van der Waals surface area contributed by atoms with Gasteiger partial charge in [-0.2, -0.15) is 5.10 Å². The van der Waals surface area contributed by atoms with Gasteiger partial charge in [0.25, 0.3) is 0 Å². The summed E-state index contributed by atoms with van der Waals surface area (Å²) in [4.78, 5) is 30.5. The lowest BCUT2D eigenvalue weighted by molar-refractivity contribution is -0.133. The quantitative estimate of drug-likeness (QED) is 0.888. The average molecular weight is 355 g/mol. The molecule has 0 aromatic carbocycles. The molecule has 138 valence electrons. The summed E-state index contributed by atoms with van der Waals surface area (Å²) in [5.41, 5.74) is 3.59. The van der Waals surface area contributed by atoms with Gasteiger partial charge in [0.2, 0.25) is 11.8 Å². The van der Waals surface area contributed by atoms with E-state index in [1.54, 1.807) is 4.68 Å². The first kappa shape index (κ1) is 18.1. The molecule has 7 heteroatoms. The molecule has 2 aromatic rings. The van der Waals surface area contributed by atoms with Crippen molar-refractivity contribution in [3.63, 3.8) is 0 Å². The normalized spacial score (nSPS) is 16.7. The summed E-state index contributed by atoms with van der Waals surface area (Å²) in [6.45, 7) is 6.76. The van der Waals surface area contributed by atoms with Gasteiger partial charge < -0.3 is 10.2 Å². The molecule has 7 nitrogen and oxygen atoms in total. The third-order valence-corrected chi connectivity index (χ3v) is 4.65. The van der Waals surface area contributed by atoms with Crippen molar-refractivity contribution in [2.45, 2.75) is 52.7 Å². The summed E-state index contributed by atoms with van der Waals surface area (Å²) in [5.74, 6) is -0.0208. The molecule has 0 saturated carbocycles. The fourth-order valence-electron chi connectivity index (χ4n) is 3.42. The molecule has 1 saturated heterocycles. The first-order valence-corrected chi connectivity index (χ1v) is 8.95. The van der Waals surface area contributed by atoms with Crippen LogP contribution >= 0.6 is 0 Å². The van der Waals surface area contributed by atoms with Crippen molar-refractivity contribution in [1.82, 2.24) is 25.0 Å². The average Bonchev–Trinajstić information content (AvgIpc) is 3.20. The minimum absolute atomic E-state index is 0.0169. The number of aryl methyl sites for hydroxylation is 2. The maximum Gasteiger partial charge on any atom is 0.244 e. The molecule has 1 fully saturated rings. The molecule has 0 unspecified atom stereocenters. The minimum atomic E-state index is -0.0836. The van der Waals surface area contributed by atoms with Crippen molar-refractivity contribution in [2.24, 2.45) is 0 Å². The molecule has 26 heavy (non-hydrogen) atoms. The van der Waals surface area contributed by atoms with E-state index in [1.807, 2.05) is 43.0 Å². The molecule has 1 N–H and O–H groups in total. The molecule has 0 spiro atoms. The van der Waals surface area contributed by atoms with Gasteiger partial charge in [-0.3, -0.25) is 19.3 Å². The molecule has 3 heterocycles. The highest BCUT2D eigenvalue weighted by atomic mass is 16.2. The molecule has 0 radical (unpaired) electrons. The van der Waals surface area contributed by atoms with Crippen LogP contribution in [0.15, 0.2) is 24.3 Å². The van der Waals surface area contributed by atoms with Crippen molar-refractivity contribution < 1.29 is 9.59 Å². The van der Waals surface area contributed by atoms with E-state index in [9.17, 15) is 9.59 Å². The molecule has 1 atom stereocenters. The number of amides is 2. The monoisotopic (exact) mass is 355 g/mol. The van der Waals surface area contributed by atoms with Gasteiger partial charge in [-0.25, -0.2) is 0 Å². The van der Waals surface area contributed by atoms with Gasteiger partial charge in [0.1, 0.15) is 6.54 Å². The van der Waals surface area contributed by atoms with E-state index in [0.717, 1.165) is 42.2 Å². The molecule has 3 rings (SSSR count). The number of nitrogens with zero attached hydrogens (tertiary/aromatic N) is 4. The van der Waals surface area contributed by atoms with Crippen LogP contribution in [0.2, 0.25) is 0 Å². The second-order valence-electron chi connectivity index (χ2n) is 6.79. The zero-order chi connectivity index (χ0) is 18.7. The van der Waals surface area contributed by atoms with Crippen molar-refractivity contribution in [1.29, 1.82) is 0 Å². The molecule has 1 aliphatic heterocycles. The van der Waals surface area contributed by atoms with Gasteiger partial charge in [-0.1, -0.05) is 6.07 Å². The minimum Gasteiger partial charge on any atom is -0.351 e. The van der Waals surface area contributed by atoms with E-state index in [1.165, 1.54) is 6.92 Å².